The molecule has 1 aromatic carbocycles. The first-order chi connectivity index (χ1) is 9.76. The number of para-hydroxylation sites is 1. The van der Waals surface area contributed by atoms with Gasteiger partial charge in [0.2, 0.25) is 0 Å². The van der Waals surface area contributed by atoms with Gasteiger partial charge in [0.1, 0.15) is 11.3 Å². The molecule has 5 heteroatoms. The molecule has 1 aliphatic carbocycles. The van der Waals surface area contributed by atoms with E-state index in [1.807, 2.05) is 18.2 Å². The normalized spacial score (nSPS) is 13.9. The van der Waals surface area contributed by atoms with Gasteiger partial charge in [-0.3, -0.25) is 10.2 Å². The lowest BCUT2D eigenvalue weighted by atomic mass is 9.89. The third-order valence-electron chi connectivity index (χ3n) is 3.83. The van der Waals surface area contributed by atoms with Crippen LogP contribution in [0.15, 0.2) is 18.2 Å². The largest absolute Gasteiger partial charge is 0.494 e. The molecule has 1 heterocycles. The third kappa shape index (κ3) is 1.91. The summed E-state index contributed by atoms with van der Waals surface area (Å²) in [7, 11) is 1.61. The van der Waals surface area contributed by atoms with Crippen molar-refractivity contribution in [3.63, 3.8) is 0 Å². The van der Waals surface area contributed by atoms with Crippen molar-refractivity contribution in [2.24, 2.45) is 5.84 Å². The van der Waals surface area contributed by atoms with Crippen molar-refractivity contribution in [2.75, 3.05) is 7.11 Å². The van der Waals surface area contributed by atoms with Gasteiger partial charge in [-0.15, -0.1) is 0 Å². The summed E-state index contributed by atoms with van der Waals surface area (Å²) in [6.45, 7) is 0. The molecule has 0 bridgehead atoms. The maximum absolute atomic E-state index is 12.2. The van der Waals surface area contributed by atoms with E-state index in [2.05, 4.69) is 5.43 Å². The van der Waals surface area contributed by atoms with Crippen LogP contribution in [0.5, 0.6) is 5.75 Å². The van der Waals surface area contributed by atoms with Gasteiger partial charge in [0.25, 0.3) is 5.91 Å². The highest BCUT2D eigenvalue weighted by Crippen LogP contribution is 2.33. The number of nitrogens with zero attached hydrogens (tertiary/aromatic N) is 1. The standard InChI is InChI=1S/C15H17N3O2/c1-20-12-8-4-6-10-13(15(19)18-16)9-5-2-3-7-11(9)17-14(10)12/h4,6,8H,2-3,5,7,16H2,1H3,(H,18,19). The van der Waals surface area contributed by atoms with Crippen LogP contribution in [-0.2, 0) is 12.8 Å². The number of hydrogen-bond donors (Lipinski definition) is 2. The van der Waals surface area contributed by atoms with Gasteiger partial charge in [0, 0.05) is 11.1 Å². The topological polar surface area (TPSA) is 77.2 Å². The number of rotatable bonds is 2. The number of hydrazine groups is 1. The van der Waals surface area contributed by atoms with Gasteiger partial charge < -0.3 is 4.74 Å². The zero-order chi connectivity index (χ0) is 14.1. The quantitative estimate of drug-likeness (QED) is 0.495. The van der Waals surface area contributed by atoms with Crippen LogP contribution in [-0.4, -0.2) is 18.0 Å². The maximum atomic E-state index is 12.2. The minimum Gasteiger partial charge on any atom is -0.494 e. The van der Waals surface area contributed by atoms with Crippen molar-refractivity contribution in [3.8, 4) is 5.75 Å². The summed E-state index contributed by atoms with van der Waals surface area (Å²) in [5, 5.41) is 0.799. The van der Waals surface area contributed by atoms with Gasteiger partial charge in [-0.2, -0.15) is 0 Å². The fraction of sp³-hybridized carbons (Fsp3) is 0.333. The number of aryl methyl sites for hydroxylation is 1. The Morgan fingerprint density at radius 2 is 2.15 bits per heavy atom. The van der Waals surface area contributed by atoms with E-state index in [0.717, 1.165) is 47.8 Å². The molecule has 104 valence electrons. The van der Waals surface area contributed by atoms with Crippen molar-refractivity contribution in [2.45, 2.75) is 25.7 Å². The van der Waals surface area contributed by atoms with E-state index in [1.165, 1.54) is 0 Å². The molecule has 1 aromatic heterocycles. The number of carbonyl (C=O) groups is 1. The number of nitrogens with one attached hydrogen (secondary N) is 1. The number of pyridine rings is 1. The molecule has 3 N–H and O–H groups in total. The van der Waals surface area contributed by atoms with E-state index in [1.54, 1.807) is 7.11 Å². The van der Waals surface area contributed by atoms with Crippen LogP contribution >= 0.6 is 0 Å². The first-order valence-corrected chi connectivity index (χ1v) is 6.75. The van der Waals surface area contributed by atoms with Gasteiger partial charge in [0.05, 0.1) is 12.7 Å². The van der Waals surface area contributed by atoms with Crippen LogP contribution in [0.1, 0.15) is 34.5 Å². The summed E-state index contributed by atoms with van der Waals surface area (Å²) in [6.07, 6.45) is 3.95. The summed E-state index contributed by atoms with van der Waals surface area (Å²) in [5.41, 5.74) is 5.65. The van der Waals surface area contributed by atoms with Crippen molar-refractivity contribution in [1.29, 1.82) is 0 Å². The molecule has 0 saturated carbocycles. The Balaban J connectivity index is 2.38. The minimum atomic E-state index is -0.260. The average molecular weight is 271 g/mol. The number of methoxy groups -OCH3 is 1. The van der Waals surface area contributed by atoms with Gasteiger partial charge in [0.15, 0.2) is 0 Å². The Bertz CT molecular complexity index is 682. The number of benzene rings is 1. The van der Waals surface area contributed by atoms with Crippen LogP contribution in [0.2, 0.25) is 0 Å². The molecule has 0 radical (unpaired) electrons. The highest BCUT2D eigenvalue weighted by Gasteiger charge is 2.23. The number of ether oxygens (including phenoxy) is 1. The second-order valence-electron chi connectivity index (χ2n) is 4.95. The number of aromatic nitrogens is 1. The summed E-state index contributed by atoms with van der Waals surface area (Å²) < 4.78 is 5.36. The Kier molecular flexibility index (Phi) is 3.28. The van der Waals surface area contributed by atoms with Gasteiger partial charge in [-0.1, -0.05) is 12.1 Å². The number of amides is 1. The zero-order valence-corrected chi connectivity index (χ0v) is 11.4. The molecule has 5 nitrogen and oxygen atoms in total. The molecular formula is C15H17N3O2. The van der Waals surface area contributed by atoms with E-state index >= 15 is 0 Å². The van der Waals surface area contributed by atoms with E-state index in [4.69, 9.17) is 15.6 Å². The summed E-state index contributed by atoms with van der Waals surface area (Å²) in [5.74, 6) is 5.77. The number of carbonyl (C=O) groups excluding carboxylic acids is 1. The summed E-state index contributed by atoms with van der Waals surface area (Å²) in [4.78, 5) is 16.9. The second-order valence-corrected chi connectivity index (χ2v) is 4.95. The van der Waals surface area contributed by atoms with Crippen LogP contribution in [0, 0.1) is 0 Å². The molecule has 0 spiro atoms. The second kappa shape index (κ2) is 5.09. The SMILES string of the molecule is COc1cccc2c(C(=O)NN)c3c(nc12)CCCC3. The molecule has 0 unspecified atom stereocenters. The molecule has 0 atom stereocenters. The fourth-order valence-corrected chi connectivity index (χ4v) is 2.92. The van der Waals surface area contributed by atoms with Crippen LogP contribution < -0.4 is 16.0 Å². The van der Waals surface area contributed by atoms with Gasteiger partial charge in [-0.25, -0.2) is 10.8 Å². The molecule has 0 saturated heterocycles. The Morgan fingerprint density at radius 1 is 1.35 bits per heavy atom. The highest BCUT2D eigenvalue weighted by atomic mass is 16.5. The summed E-state index contributed by atoms with van der Waals surface area (Å²) >= 11 is 0. The van der Waals surface area contributed by atoms with Crippen LogP contribution in [0.25, 0.3) is 10.9 Å². The molecule has 1 amide bonds. The molecule has 3 rings (SSSR count). The third-order valence-corrected chi connectivity index (χ3v) is 3.83. The average Bonchev–Trinajstić information content (AvgIpc) is 2.51. The van der Waals surface area contributed by atoms with Crippen LogP contribution in [0.4, 0.5) is 0 Å². The highest BCUT2D eigenvalue weighted by molar-refractivity contribution is 6.08. The van der Waals surface area contributed by atoms with Crippen molar-refractivity contribution in [3.05, 3.63) is 35.0 Å². The van der Waals surface area contributed by atoms with Gasteiger partial charge >= 0.3 is 0 Å². The lowest BCUT2D eigenvalue weighted by Gasteiger charge is -2.20. The van der Waals surface area contributed by atoms with E-state index < -0.39 is 0 Å². The molecule has 2 aromatic rings. The first kappa shape index (κ1) is 12.9. The molecule has 1 aliphatic rings. The van der Waals surface area contributed by atoms with E-state index in [9.17, 15) is 4.79 Å². The van der Waals surface area contributed by atoms with E-state index in [-0.39, 0.29) is 5.91 Å². The molecular weight excluding hydrogens is 254 g/mol. The predicted molar refractivity (Wildman–Crippen MR) is 76.6 cm³/mol. The van der Waals surface area contributed by atoms with E-state index in [0.29, 0.717) is 11.3 Å². The van der Waals surface area contributed by atoms with Crippen molar-refractivity contribution < 1.29 is 9.53 Å². The lowest BCUT2D eigenvalue weighted by molar-refractivity contribution is 0.0954. The predicted octanol–water partition coefficient (Wildman–Crippen LogP) is 1.73. The smallest absolute Gasteiger partial charge is 0.266 e. The maximum Gasteiger partial charge on any atom is 0.266 e. The Morgan fingerprint density at radius 3 is 2.90 bits per heavy atom. The van der Waals surface area contributed by atoms with Crippen LogP contribution in [0.3, 0.4) is 0 Å². The van der Waals surface area contributed by atoms with Gasteiger partial charge in [-0.05, 0) is 37.3 Å². The Labute approximate surface area is 117 Å². The summed E-state index contributed by atoms with van der Waals surface area (Å²) in [6, 6.07) is 5.62. The van der Waals surface area contributed by atoms with Crippen molar-refractivity contribution in [1.82, 2.24) is 10.4 Å². The number of hydrogen-bond acceptors (Lipinski definition) is 4. The Hall–Kier alpha value is -2.14. The molecule has 20 heavy (non-hydrogen) atoms. The molecule has 0 aliphatic heterocycles. The monoisotopic (exact) mass is 271 g/mol. The number of nitrogens with two attached hydrogens (primary N) is 1. The van der Waals surface area contributed by atoms with Crippen molar-refractivity contribution >= 4 is 16.8 Å². The molecule has 0 fully saturated rings. The number of nitrogen functional groups attached to an aromatic ring is 1. The zero-order valence-electron chi connectivity index (χ0n) is 11.4. The fourth-order valence-electron chi connectivity index (χ4n) is 2.92. The minimum absolute atomic E-state index is 0.260. The first-order valence-electron chi connectivity index (χ1n) is 6.75. The number of fused-ring (bicyclic) bond motifs is 2. The lowest BCUT2D eigenvalue weighted by Crippen LogP contribution is -2.32.